The normalized spacial score (nSPS) is 17.7. The molecular formula is C18H22FN5O2S2. The molecular weight excluding hydrogens is 401 g/mol. The van der Waals surface area contributed by atoms with E-state index in [9.17, 15) is 9.18 Å². The quantitative estimate of drug-likeness (QED) is 0.689. The number of nitrogens with two attached hydrogens (primary N) is 1. The predicted octanol–water partition coefficient (Wildman–Crippen LogP) is 3.26. The highest BCUT2D eigenvalue weighted by molar-refractivity contribution is 7.80. The molecule has 3 N–H and O–H groups in total. The maximum Gasteiger partial charge on any atom is 0.414 e. The van der Waals surface area contributed by atoms with Gasteiger partial charge in [-0.1, -0.05) is 37.4 Å². The number of halogens is 1. The molecule has 3 rings (SSSR count). The van der Waals surface area contributed by atoms with E-state index in [1.807, 2.05) is 13.8 Å². The number of cyclic esters (lactones) is 1. The van der Waals surface area contributed by atoms with Gasteiger partial charge in [0.25, 0.3) is 0 Å². The minimum atomic E-state index is -0.512. The number of benzene rings is 1. The minimum Gasteiger partial charge on any atom is -0.442 e. The summed E-state index contributed by atoms with van der Waals surface area (Å²) in [5.74, 6) is -0.277. The molecule has 0 aliphatic carbocycles. The summed E-state index contributed by atoms with van der Waals surface area (Å²) in [5, 5.41) is 12.2. The summed E-state index contributed by atoms with van der Waals surface area (Å²) in [5.41, 5.74) is 6.84. The standard InChI is InChI=1S/C18H22FN5O2S2/c1-9(2)15(20)17-23-22-16(28-17)13-5-4-11(6-14(13)19)24-8-12(26-18(24)25)7-21-10(3)27/h4-6,9,12,15H,7-8,20H2,1-3H3,(H,21,27)/t12-,15-/m0/s1. The van der Waals surface area contributed by atoms with Crippen molar-refractivity contribution in [1.82, 2.24) is 15.5 Å². The van der Waals surface area contributed by atoms with E-state index in [0.717, 1.165) is 0 Å². The highest BCUT2D eigenvalue weighted by Crippen LogP contribution is 2.32. The van der Waals surface area contributed by atoms with Crippen LogP contribution in [0.25, 0.3) is 10.6 Å². The minimum absolute atomic E-state index is 0.207. The molecule has 28 heavy (non-hydrogen) atoms. The van der Waals surface area contributed by atoms with Crippen LogP contribution in [0.2, 0.25) is 0 Å². The Morgan fingerprint density at radius 3 is 2.89 bits per heavy atom. The van der Waals surface area contributed by atoms with Crippen LogP contribution < -0.4 is 16.0 Å². The van der Waals surface area contributed by atoms with Gasteiger partial charge >= 0.3 is 6.09 Å². The highest BCUT2D eigenvalue weighted by Gasteiger charge is 2.32. The zero-order chi connectivity index (χ0) is 20.4. The van der Waals surface area contributed by atoms with Crippen LogP contribution in [0.5, 0.6) is 0 Å². The van der Waals surface area contributed by atoms with Crippen LogP contribution in [-0.4, -0.2) is 40.5 Å². The van der Waals surface area contributed by atoms with E-state index in [1.54, 1.807) is 19.1 Å². The topological polar surface area (TPSA) is 93.4 Å². The molecule has 1 aliphatic heterocycles. The molecule has 2 aromatic rings. The summed E-state index contributed by atoms with van der Waals surface area (Å²) >= 11 is 6.23. The summed E-state index contributed by atoms with van der Waals surface area (Å²) in [6.45, 7) is 6.48. The Bertz CT molecular complexity index is 889. The van der Waals surface area contributed by atoms with Gasteiger partial charge in [-0.05, 0) is 31.0 Å². The van der Waals surface area contributed by atoms with Crippen LogP contribution in [0.15, 0.2) is 18.2 Å². The van der Waals surface area contributed by atoms with Gasteiger partial charge in [-0.15, -0.1) is 10.2 Å². The summed E-state index contributed by atoms with van der Waals surface area (Å²) in [6.07, 6.45) is -0.863. The molecule has 150 valence electrons. The van der Waals surface area contributed by atoms with Crippen LogP contribution in [0.3, 0.4) is 0 Å². The molecule has 1 aliphatic rings. The van der Waals surface area contributed by atoms with Crippen LogP contribution in [0.1, 0.15) is 31.8 Å². The number of carbonyl (C=O) groups is 1. The van der Waals surface area contributed by atoms with Gasteiger partial charge in [-0.3, -0.25) is 4.90 Å². The zero-order valence-corrected chi connectivity index (χ0v) is 17.4. The lowest BCUT2D eigenvalue weighted by Crippen LogP contribution is -2.32. The number of rotatable bonds is 6. The van der Waals surface area contributed by atoms with Gasteiger partial charge < -0.3 is 15.8 Å². The Kier molecular flexibility index (Phi) is 6.21. The van der Waals surface area contributed by atoms with E-state index in [2.05, 4.69) is 15.5 Å². The van der Waals surface area contributed by atoms with Crippen molar-refractivity contribution in [1.29, 1.82) is 0 Å². The van der Waals surface area contributed by atoms with Crippen LogP contribution >= 0.6 is 23.6 Å². The highest BCUT2D eigenvalue weighted by atomic mass is 32.1. The average Bonchev–Trinajstić information content (AvgIpc) is 3.26. The molecule has 2 heterocycles. The summed E-state index contributed by atoms with van der Waals surface area (Å²) < 4.78 is 20.0. The van der Waals surface area contributed by atoms with Crippen molar-refractivity contribution in [3.63, 3.8) is 0 Å². The van der Waals surface area contributed by atoms with Gasteiger partial charge in [-0.25, -0.2) is 9.18 Å². The molecule has 1 aromatic carbocycles. The van der Waals surface area contributed by atoms with Crippen molar-refractivity contribution in [2.75, 3.05) is 18.0 Å². The van der Waals surface area contributed by atoms with Gasteiger partial charge in [0.15, 0.2) is 5.01 Å². The lowest BCUT2D eigenvalue weighted by Gasteiger charge is -2.14. The lowest BCUT2D eigenvalue weighted by molar-refractivity contribution is 0.143. The second-order valence-corrected chi connectivity index (χ2v) is 8.55. The molecule has 1 amide bonds. The molecule has 7 nitrogen and oxygen atoms in total. The van der Waals surface area contributed by atoms with Crippen LogP contribution in [-0.2, 0) is 4.74 Å². The summed E-state index contributed by atoms with van der Waals surface area (Å²) in [7, 11) is 0. The molecule has 2 atom stereocenters. The number of amides is 1. The fraction of sp³-hybridized carbons (Fsp3) is 0.444. The van der Waals surface area contributed by atoms with Gasteiger partial charge in [0.05, 0.1) is 29.8 Å². The molecule has 0 saturated carbocycles. The number of hydrogen-bond donors (Lipinski definition) is 2. The number of hydrogen-bond acceptors (Lipinski definition) is 7. The molecule has 0 radical (unpaired) electrons. The Morgan fingerprint density at radius 1 is 1.50 bits per heavy atom. The van der Waals surface area contributed by atoms with E-state index in [4.69, 9.17) is 22.7 Å². The fourth-order valence-corrected chi connectivity index (χ4v) is 3.83. The average molecular weight is 424 g/mol. The Morgan fingerprint density at radius 2 is 2.25 bits per heavy atom. The van der Waals surface area contributed by atoms with Gasteiger partial charge in [0.1, 0.15) is 16.9 Å². The van der Waals surface area contributed by atoms with Crippen molar-refractivity contribution < 1.29 is 13.9 Å². The maximum atomic E-state index is 14.7. The molecule has 1 saturated heterocycles. The Hall–Kier alpha value is -2.17. The number of thiocarbonyl (C=S) groups is 1. The first-order chi connectivity index (χ1) is 13.3. The van der Waals surface area contributed by atoms with E-state index >= 15 is 0 Å². The van der Waals surface area contributed by atoms with Gasteiger partial charge in [0.2, 0.25) is 0 Å². The molecule has 10 heteroatoms. The maximum absolute atomic E-state index is 14.7. The first kappa shape index (κ1) is 20.6. The van der Waals surface area contributed by atoms with E-state index < -0.39 is 11.9 Å². The molecule has 0 unspecified atom stereocenters. The van der Waals surface area contributed by atoms with Gasteiger partial charge in [0, 0.05) is 5.56 Å². The van der Waals surface area contributed by atoms with Crippen molar-refractivity contribution >= 4 is 40.3 Å². The smallest absolute Gasteiger partial charge is 0.414 e. The van der Waals surface area contributed by atoms with Crippen LogP contribution in [0.4, 0.5) is 14.9 Å². The fourth-order valence-electron chi connectivity index (χ4n) is 2.70. The SMILES string of the molecule is CC(=S)NC[C@H]1CN(c2ccc(-c3nnc([C@@H](N)C(C)C)s3)c(F)c2)C(=O)O1. The number of aromatic nitrogens is 2. The molecule has 0 bridgehead atoms. The van der Waals surface area contributed by atoms with Gasteiger partial charge in [-0.2, -0.15) is 0 Å². The van der Waals surface area contributed by atoms with Crippen molar-refractivity contribution in [3.05, 3.63) is 29.0 Å². The Balaban J connectivity index is 1.76. The van der Waals surface area contributed by atoms with E-state index in [-0.39, 0.29) is 18.1 Å². The summed E-state index contributed by atoms with van der Waals surface area (Å²) in [6, 6.07) is 4.33. The van der Waals surface area contributed by atoms with Crippen LogP contribution in [0, 0.1) is 11.7 Å². The molecule has 0 spiro atoms. The number of nitrogens with one attached hydrogen (secondary N) is 1. The number of anilines is 1. The summed E-state index contributed by atoms with van der Waals surface area (Å²) in [4.78, 5) is 14.1. The molecule has 1 fully saturated rings. The van der Waals surface area contributed by atoms with E-state index in [1.165, 1.54) is 22.3 Å². The monoisotopic (exact) mass is 423 g/mol. The number of ether oxygens (including phenoxy) is 1. The largest absolute Gasteiger partial charge is 0.442 e. The third-order valence-corrected chi connectivity index (χ3v) is 5.59. The van der Waals surface area contributed by atoms with E-state index in [0.29, 0.717) is 39.3 Å². The lowest BCUT2D eigenvalue weighted by atomic mass is 10.1. The van der Waals surface area contributed by atoms with Crippen molar-refractivity contribution in [2.24, 2.45) is 11.7 Å². The predicted molar refractivity (Wildman–Crippen MR) is 111 cm³/mol. The first-order valence-corrected chi connectivity index (χ1v) is 10.1. The van der Waals surface area contributed by atoms with Crippen molar-refractivity contribution in [2.45, 2.75) is 32.9 Å². The zero-order valence-electron chi connectivity index (χ0n) is 15.8. The third kappa shape index (κ3) is 4.45. The number of nitrogens with zero attached hydrogens (tertiary/aromatic N) is 3. The van der Waals surface area contributed by atoms with Crippen molar-refractivity contribution in [3.8, 4) is 10.6 Å². The third-order valence-electron chi connectivity index (χ3n) is 4.39. The second-order valence-electron chi connectivity index (χ2n) is 6.93. The first-order valence-electron chi connectivity index (χ1n) is 8.87. The molecule has 1 aromatic heterocycles. The second kappa shape index (κ2) is 8.46. The number of carbonyl (C=O) groups excluding carboxylic acids is 1. The Labute approximate surface area is 172 Å².